The van der Waals surface area contributed by atoms with Gasteiger partial charge in [-0.05, 0) is 49.1 Å². The molecule has 2 bridgehead atoms. The van der Waals surface area contributed by atoms with Crippen molar-refractivity contribution in [2.24, 2.45) is 5.92 Å². The van der Waals surface area contributed by atoms with Crippen LogP contribution < -0.4 is 10.2 Å². The van der Waals surface area contributed by atoms with E-state index in [0.717, 1.165) is 50.3 Å². The molecule has 0 saturated carbocycles. The zero-order chi connectivity index (χ0) is 14.8. The number of hydrogen-bond acceptors (Lipinski definition) is 3. The molecule has 1 N–H and O–H groups in total. The van der Waals surface area contributed by atoms with Crippen molar-refractivity contribution in [2.75, 3.05) is 24.5 Å². The maximum Gasteiger partial charge on any atom is 0.123 e. The highest BCUT2D eigenvalue weighted by molar-refractivity contribution is 5.54. The average molecular weight is 292 g/mol. The van der Waals surface area contributed by atoms with Crippen LogP contribution in [0.15, 0.2) is 18.2 Å². The molecule has 116 valence electrons. The average Bonchev–Trinajstić information content (AvgIpc) is 2.77. The molecule has 2 aliphatic heterocycles. The van der Waals surface area contributed by atoms with Crippen molar-refractivity contribution in [2.45, 2.75) is 45.4 Å². The Balaban J connectivity index is 1.74. The summed E-state index contributed by atoms with van der Waals surface area (Å²) in [6.45, 7) is 7.89. The number of morpholine rings is 1. The molecule has 3 nitrogen and oxygen atoms in total. The van der Waals surface area contributed by atoms with E-state index in [2.05, 4.69) is 24.1 Å². The van der Waals surface area contributed by atoms with E-state index >= 15 is 0 Å². The Kier molecular flexibility index (Phi) is 4.45. The summed E-state index contributed by atoms with van der Waals surface area (Å²) in [4.78, 5) is 2.37. The quantitative estimate of drug-likeness (QED) is 0.903. The predicted octanol–water partition coefficient (Wildman–Crippen LogP) is 2.94. The molecule has 2 fully saturated rings. The van der Waals surface area contributed by atoms with E-state index < -0.39 is 0 Å². The van der Waals surface area contributed by atoms with Crippen molar-refractivity contribution in [3.8, 4) is 0 Å². The summed E-state index contributed by atoms with van der Waals surface area (Å²) in [7, 11) is 0. The third-order valence-corrected chi connectivity index (χ3v) is 4.29. The van der Waals surface area contributed by atoms with Gasteiger partial charge in [0.2, 0.25) is 0 Å². The molecular weight excluding hydrogens is 267 g/mol. The molecule has 0 radical (unpaired) electrons. The van der Waals surface area contributed by atoms with Gasteiger partial charge in [-0.2, -0.15) is 0 Å². The first kappa shape index (κ1) is 14.8. The highest BCUT2D eigenvalue weighted by atomic mass is 19.1. The summed E-state index contributed by atoms with van der Waals surface area (Å²) in [6, 6.07) is 5.16. The van der Waals surface area contributed by atoms with E-state index in [1.807, 2.05) is 6.07 Å². The van der Waals surface area contributed by atoms with Gasteiger partial charge in [0.15, 0.2) is 0 Å². The van der Waals surface area contributed by atoms with Gasteiger partial charge < -0.3 is 15.0 Å². The van der Waals surface area contributed by atoms with Crippen LogP contribution in [0.25, 0.3) is 0 Å². The highest BCUT2D eigenvalue weighted by Crippen LogP contribution is 2.31. The molecule has 0 aromatic heterocycles. The predicted molar refractivity (Wildman–Crippen MR) is 83.1 cm³/mol. The van der Waals surface area contributed by atoms with Crippen LogP contribution >= 0.6 is 0 Å². The van der Waals surface area contributed by atoms with Gasteiger partial charge in [0, 0.05) is 25.3 Å². The Bertz CT molecular complexity index is 480. The fraction of sp³-hybridized carbons (Fsp3) is 0.647. The van der Waals surface area contributed by atoms with Crippen LogP contribution in [0.2, 0.25) is 0 Å². The Morgan fingerprint density at radius 2 is 2.00 bits per heavy atom. The zero-order valence-corrected chi connectivity index (χ0v) is 12.9. The number of nitrogens with one attached hydrogen (secondary N) is 1. The van der Waals surface area contributed by atoms with Gasteiger partial charge in [-0.25, -0.2) is 4.39 Å². The molecule has 1 aromatic carbocycles. The standard InChI is InChI=1S/C17H25FN2O/c1-12(2)8-19-9-13-7-14(18)3-6-17(13)20-10-15-4-5-16(11-20)21-15/h3,6-7,12,15-16,19H,4-5,8-11H2,1-2H3. The topological polar surface area (TPSA) is 24.5 Å². The van der Waals surface area contributed by atoms with Crippen LogP contribution in [-0.4, -0.2) is 31.8 Å². The largest absolute Gasteiger partial charge is 0.371 e. The van der Waals surface area contributed by atoms with Crippen molar-refractivity contribution in [1.82, 2.24) is 5.32 Å². The van der Waals surface area contributed by atoms with Gasteiger partial charge in [0.1, 0.15) is 5.82 Å². The van der Waals surface area contributed by atoms with Crippen LogP contribution in [0.5, 0.6) is 0 Å². The number of nitrogens with zero attached hydrogens (tertiary/aromatic N) is 1. The Labute approximate surface area is 126 Å². The van der Waals surface area contributed by atoms with Crippen molar-refractivity contribution in [1.29, 1.82) is 0 Å². The number of rotatable bonds is 5. The normalized spacial score (nSPS) is 24.9. The second-order valence-corrected chi connectivity index (χ2v) is 6.66. The minimum atomic E-state index is -0.156. The number of anilines is 1. The van der Waals surface area contributed by atoms with Crippen LogP contribution in [0, 0.1) is 11.7 Å². The molecule has 0 aliphatic carbocycles. The lowest BCUT2D eigenvalue weighted by molar-refractivity contribution is 0.0304. The van der Waals surface area contributed by atoms with Gasteiger partial charge in [0.25, 0.3) is 0 Å². The number of benzene rings is 1. The van der Waals surface area contributed by atoms with E-state index in [4.69, 9.17) is 4.74 Å². The summed E-state index contributed by atoms with van der Waals surface area (Å²) in [5, 5.41) is 3.42. The van der Waals surface area contributed by atoms with E-state index in [0.29, 0.717) is 18.1 Å². The summed E-state index contributed by atoms with van der Waals surface area (Å²) in [5.41, 5.74) is 2.21. The minimum absolute atomic E-state index is 0.156. The first-order valence-electron chi connectivity index (χ1n) is 8.01. The molecule has 4 heteroatoms. The van der Waals surface area contributed by atoms with E-state index in [-0.39, 0.29) is 5.82 Å². The molecule has 21 heavy (non-hydrogen) atoms. The Morgan fingerprint density at radius 3 is 2.67 bits per heavy atom. The summed E-state index contributed by atoms with van der Waals surface area (Å²) in [5.74, 6) is 0.442. The molecule has 2 heterocycles. The number of ether oxygens (including phenoxy) is 1. The van der Waals surface area contributed by atoms with Crippen LogP contribution in [0.1, 0.15) is 32.3 Å². The number of fused-ring (bicyclic) bond motifs is 2. The zero-order valence-electron chi connectivity index (χ0n) is 12.9. The van der Waals surface area contributed by atoms with E-state index in [9.17, 15) is 4.39 Å². The Hall–Kier alpha value is -1.13. The van der Waals surface area contributed by atoms with Gasteiger partial charge in [-0.1, -0.05) is 13.8 Å². The van der Waals surface area contributed by atoms with Gasteiger partial charge in [-0.3, -0.25) is 0 Å². The van der Waals surface area contributed by atoms with Crippen LogP contribution in [0.4, 0.5) is 10.1 Å². The third kappa shape index (κ3) is 3.55. The first-order chi connectivity index (χ1) is 10.1. The Morgan fingerprint density at radius 1 is 1.29 bits per heavy atom. The second-order valence-electron chi connectivity index (χ2n) is 6.66. The summed E-state index contributed by atoms with van der Waals surface area (Å²) < 4.78 is 19.5. The lowest BCUT2D eigenvalue weighted by Crippen LogP contribution is -2.43. The summed E-state index contributed by atoms with van der Waals surface area (Å²) >= 11 is 0. The fourth-order valence-corrected chi connectivity index (χ4v) is 3.31. The maximum absolute atomic E-state index is 13.6. The van der Waals surface area contributed by atoms with Gasteiger partial charge in [-0.15, -0.1) is 0 Å². The molecule has 2 atom stereocenters. The van der Waals surface area contributed by atoms with Gasteiger partial charge in [0.05, 0.1) is 12.2 Å². The maximum atomic E-state index is 13.6. The molecule has 2 unspecified atom stereocenters. The fourth-order valence-electron chi connectivity index (χ4n) is 3.31. The molecule has 2 aliphatic rings. The lowest BCUT2D eigenvalue weighted by atomic mass is 10.1. The molecule has 3 rings (SSSR count). The molecule has 0 spiro atoms. The first-order valence-corrected chi connectivity index (χ1v) is 8.01. The van der Waals surface area contributed by atoms with E-state index in [1.165, 1.54) is 0 Å². The lowest BCUT2D eigenvalue weighted by Gasteiger charge is -2.35. The van der Waals surface area contributed by atoms with Gasteiger partial charge >= 0.3 is 0 Å². The third-order valence-electron chi connectivity index (χ3n) is 4.29. The van der Waals surface area contributed by atoms with Crippen LogP contribution in [0.3, 0.4) is 0 Å². The molecule has 2 saturated heterocycles. The monoisotopic (exact) mass is 292 g/mol. The van der Waals surface area contributed by atoms with Crippen molar-refractivity contribution >= 4 is 5.69 Å². The second kappa shape index (κ2) is 6.32. The van der Waals surface area contributed by atoms with E-state index in [1.54, 1.807) is 12.1 Å². The molecular formula is C17H25FN2O. The van der Waals surface area contributed by atoms with Crippen molar-refractivity contribution in [3.05, 3.63) is 29.6 Å². The number of halogens is 1. The summed E-state index contributed by atoms with van der Waals surface area (Å²) in [6.07, 6.45) is 3.02. The van der Waals surface area contributed by atoms with Crippen LogP contribution in [-0.2, 0) is 11.3 Å². The SMILES string of the molecule is CC(C)CNCc1cc(F)ccc1N1CC2CCC(C1)O2. The molecule has 1 aromatic rings. The van der Waals surface area contributed by atoms with Crippen molar-refractivity contribution < 1.29 is 9.13 Å². The highest BCUT2D eigenvalue weighted by Gasteiger charge is 2.34. The minimum Gasteiger partial charge on any atom is -0.371 e. The smallest absolute Gasteiger partial charge is 0.123 e. The van der Waals surface area contributed by atoms with Crippen molar-refractivity contribution in [3.63, 3.8) is 0 Å². The number of hydrogen-bond donors (Lipinski definition) is 1. The molecule has 0 amide bonds.